The third-order valence-corrected chi connectivity index (χ3v) is 5.48. The van der Waals surface area contributed by atoms with E-state index >= 15 is 0 Å². The zero-order valence-electron chi connectivity index (χ0n) is 12.3. The van der Waals surface area contributed by atoms with Gasteiger partial charge in [-0.2, -0.15) is 0 Å². The molecular formula is C20H17I. The van der Waals surface area contributed by atoms with Crippen LogP contribution in [-0.4, -0.2) is 0 Å². The molecule has 0 aromatic heterocycles. The standard InChI is InChI=1S/C20H17I/c1-20(2)18-11-14(13-6-4-3-5-7-13)10-17(18)16-9-8-15(21)12-19(16)20/h3-9,11-12H,10H2,1-2H3. The molecule has 0 atom stereocenters. The Bertz CT molecular complexity index is 792. The average Bonchev–Trinajstić information content (AvgIpc) is 3.00. The Balaban J connectivity index is 1.81. The summed E-state index contributed by atoms with van der Waals surface area (Å²) in [5, 5.41) is 0. The largest absolute Gasteiger partial charge is 0.0622 e. The molecular weight excluding hydrogens is 367 g/mol. The van der Waals surface area contributed by atoms with Crippen molar-refractivity contribution in [3.05, 3.63) is 80.4 Å². The van der Waals surface area contributed by atoms with Gasteiger partial charge in [-0.1, -0.05) is 56.3 Å². The predicted octanol–water partition coefficient (Wildman–Crippen LogP) is 5.82. The minimum atomic E-state index is 0.127. The van der Waals surface area contributed by atoms with Crippen LogP contribution in [0.5, 0.6) is 0 Å². The highest BCUT2D eigenvalue weighted by molar-refractivity contribution is 14.1. The molecule has 2 aromatic rings. The fourth-order valence-electron chi connectivity index (χ4n) is 3.68. The van der Waals surface area contributed by atoms with Crippen LogP contribution in [0, 0.1) is 3.57 Å². The maximum Gasteiger partial charge on any atom is 0.0156 e. The predicted molar refractivity (Wildman–Crippen MR) is 98.1 cm³/mol. The maximum atomic E-state index is 2.43. The van der Waals surface area contributed by atoms with Crippen molar-refractivity contribution in [1.82, 2.24) is 0 Å². The fraction of sp³-hybridized carbons (Fsp3) is 0.200. The Hall–Kier alpha value is -1.35. The summed E-state index contributed by atoms with van der Waals surface area (Å²) in [6.07, 6.45) is 3.49. The third kappa shape index (κ3) is 1.94. The molecule has 21 heavy (non-hydrogen) atoms. The van der Waals surface area contributed by atoms with Crippen LogP contribution in [0.3, 0.4) is 0 Å². The molecule has 0 amide bonds. The zero-order valence-corrected chi connectivity index (χ0v) is 14.4. The summed E-state index contributed by atoms with van der Waals surface area (Å²) in [4.78, 5) is 0. The highest BCUT2D eigenvalue weighted by atomic mass is 127. The Morgan fingerprint density at radius 2 is 1.76 bits per heavy atom. The van der Waals surface area contributed by atoms with Crippen molar-refractivity contribution >= 4 is 33.7 Å². The van der Waals surface area contributed by atoms with E-state index in [9.17, 15) is 0 Å². The number of fused-ring (bicyclic) bond motifs is 2. The van der Waals surface area contributed by atoms with Crippen LogP contribution in [0.1, 0.15) is 37.0 Å². The molecule has 0 nitrogen and oxygen atoms in total. The van der Waals surface area contributed by atoms with Crippen molar-refractivity contribution in [1.29, 1.82) is 0 Å². The fourth-order valence-corrected chi connectivity index (χ4v) is 4.17. The van der Waals surface area contributed by atoms with E-state index in [1.165, 1.54) is 37.0 Å². The second-order valence-corrected chi connectivity index (χ2v) is 7.67. The van der Waals surface area contributed by atoms with Gasteiger partial charge in [0.15, 0.2) is 0 Å². The van der Waals surface area contributed by atoms with E-state index < -0.39 is 0 Å². The van der Waals surface area contributed by atoms with E-state index in [0.717, 1.165) is 6.42 Å². The van der Waals surface area contributed by atoms with Crippen LogP contribution in [0.4, 0.5) is 0 Å². The van der Waals surface area contributed by atoms with Crippen molar-refractivity contribution in [3.63, 3.8) is 0 Å². The lowest BCUT2D eigenvalue weighted by molar-refractivity contribution is 0.654. The number of hydrogen-bond donors (Lipinski definition) is 0. The van der Waals surface area contributed by atoms with Crippen molar-refractivity contribution in [3.8, 4) is 0 Å². The Labute approximate surface area is 139 Å². The van der Waals surface area contributed by atoms with Gasteiger partial charge in [-0.05, 0) is 74.6 Å². The number of allylic oxidation sites excluding steroid dienone is 4. The van der Waals surface area contributed by atoms with Gasteiger partial charge in [-0.15, -0.1) is 0 Å². The lowest BCUT2D eigenvalue weighted by atomic mass is 9.81. The molecule has 0 heterocycles. The molecule has 4 rings (SSSR count). The van der Waals surface area contributed by atoms with Gasteiger partial charge in [0.05, 0.1) is 0 Å². The van der Waals surface area contributed by atoms with Gasteiger partial charge >= 0.3 is 0 Å². The molecule has 2 aliphatic carbocycles. The van der Waals surface area contributed by atoms with E-state index in [4.69, 9.17) is 0 Å². The van der Waals surface area contributed by atoms with Crippen molar-refractivity contribution < 1.29 is 0 Å². The minimum absolute atomic E-state index is 0.127. The van der Waals surface area contributed by atoms with E-state index in [1.807, 2.05) is 0 Å². The maximum absolute atomic E-state index is 2.43. The molecule has 0 spiro atoms. The van der Waals surface area contributed by atoms with Gasteiger partial charge in [-0.25, -0.2) is 0 Å². The molecule has 2 aromatic carbocycles. The molecule has 0 unspecified atom stereocenters. The molecule has 104 valence electrons. The second-order valence-electron chi connectivity index (χ2n) is 6.42. The van der Waals surface area contributed by atoms with Crippen LogP contribution in [-0.2, 0) is 5.41 Å². The summed E-state index contributed by atoms with van der Waals surface area (Å²) in [6.45, 7) is 4.71. The average molecular weight is 384 g/mol. The van der Waals surface area contributed by atoms with Crippen LogP contribution in [0.25, 0.3) is 11.1 Å². The monoisotopic (exact) mass is 384 g/mol. The number of rotatable bonds is 1. The molecule has 1 heteroatoms. The Morgan fingerprint density at radius 3 is 2.52 bits per heavy atom. The lowest BCUT2D eigenvalue weighted by Crippen LogP contribution is -2.16. The topological polar surface area (TPSA) is 0 Å². The van der Waals surface area contributed by atoms with Gasteiger partial charge in [0.2, 0.25) is 0 Å². The van der Waals surface area contributed by atoms with E-state index in [1.54, 1.807) is 0 Å². The molecule has 0 bridgehead atoms. The summed E-state index contributed by atoms with van der Waals surface area (Å²) in [6, 6.07) is 17.7. The smallest absolute Gasteiger partial charge is 0.0156 e. The van der Waals surface area contributed by atoms with E-state index in [-0.39, 0.29) is 5.41 Å². The molecule has 0 N–H and O–H groups in total. The second kappa shape index (κ2) is 4.57. The van der Waals surface area contributed by atoms with E-state index in [2.05, 4.69) is 91.0 Å². The van der Waals surface area contributed by atoms with Gasteiger partial charge < -0.3 is 0 Å². The number of benzene rings is 2. The summed E-state index contributed by atoms with van der Waals surface area (Å²) in [7, 11) is 0. The SMILES string of the molecule is CC1(C)C2=C(CC(c3ccccc3)=C2)c2ccc(I)cc21. The number of halogens is 1. The molecule has 0 saturated carbocycles. The summed E-state index contributed by atoms with van der Waals surface area (Å²) in [5.41, 5.74) is 8.93. The normalized spacial score (nSPS) is 18.5. The van der Waals surface area contributed by atoms with Gasteiger partial charge in [0, 0.05) is 8.99 Å². The number of hydrogen-bond acceptors (Lipinski definition) is 0. The lowest BCUT2D eigenvalue weighted by Gasteiger charge is -2.23. The molecule has 0 saturated heterocycles. The summed E-state index contributed by atoms with van der Waals surface area (Å²) < 4.78 is 1.33. The first-order chi connectivity index (χ1) is 10.1. The Kier molecular flexibility index (Phi) is 2.90. The minimum Gasteiger partial charge on any atom is -0.0622 e. The zero-order chi connectivity index (χ0) is 14.6. The first kappa shape index (κ1) is 13.3. The highest BCUT2D eigenvalue weighted by Crippen LogP contribution is 2.53. The van der Waals surface area contributed by atoms with Crippen LogP contribution in [0.2, 0.25) is 0 Å². The van der Waals surface area contributed by atoms with Crippen molar-refractivity contribution in [2.75, 3.05) is 0 Å². The first-order valence-corrected chi connectivity index (χ1v) is 8.45. The van der Waals surface area contributed by atoms with Gasteiger partial charge in [0.25, 0.3) is 0 Å². The Morgan fingerprint density at radius 1 is 1.00 bits per heavy atom. The van der Waals surface area contributed by atoms with Crippen molar-refractivity contribution in [2.24, 2.45) is 0 Å². The first-order valence-electron chi connectivity index (χ1n) is 7.37. The molecule has 0 fully saturated rings. The molecule has 0 radical (unpaired) electrons. The van der Waals surface area contributed by atoms with Gasteiger partial charge in [0.1, 0.15) is 0 Å². The highest BCUT2D eigenvalue weighted by Gasteiger charge is 2.39. The van der Waals surface area contributed by atoms with Crippen LogP contribution in [0.15, 0.2) is 60.2 Å². The quantitative estimate of drug-likeness (QED) is 0.544. The summed E-state index contributed by atoms with van der Waals surface area (Å²) in [5.74, 6) is 0. The molecule has 2 aliphatic rings. The van der Waals surface area contributed by atoms with Gasteiger partial charge in [-0.3, -0.25) is 0 Å². The molecule has 0 aliphatic heterocycles. The van der Waals surface area contributed by atoms with Crippen LogP contribution >= 0.6 is 22.6 Å². The van der Waals surface area contributed by atoms with E-state index in [0.29, 0.717) is 0 Å². The third-order valence-electron chi connectivity index (χ3n) is 4.81. The van der Waals surface area contributed by atoms with Crippen molar-refractivity contribution in [2.45, 2.75) is 25.7 Å². The summed E-state index contributed by atoms with van der Waals surface area (Å²) >= 11 is 2.41. The van der Waals surface area contributed by atoms with Crippen LogP contribution < -0.4 is 0 Å².